The van der Waals surface area contributed by atoms with Gasteiger partial charge in [-0.2, -0.15) is 0 Å². The van der Waals surface area contributed by atoms with E-state index < -0.39 is 0 Å². The summed E-state index contributed by atoms with van der Waals surface area (Å²) >= 11 is 0. The molecule has 0 amide bonds. The molecule has 0 spiro atoms. The molecule has 1 saturated heterocycles. The Hall–Kier alpha value is -1.21. The maximum Gasteiger partial charge on any atom is 0.243 e. The zero-order valence-corrected chi connectivity index (χ0v) is 8.10. The number of tetrazole rings is 1. The molecule has 0 aliphatic carbocycles. The second-order valence-electron chi connectivity index (χ2n) is 3.54. The van der Waals surface area contributed by atoms with E-state index in [2.05, 4.69) is 20.8 Å². The molecule has 1 aliphatic rings. The zero-order valence-electron chi connectivity index (χ0n) is 8.10. The van der Waals surface area contributed by atoms with E-state index >= 15 is 0 Å². The number of nitrogens with zero attached hydrogens (tertiary/aromatic N) is 4. The van der Waals surface area contributed by atoms with Crippen LogP contribution in [0.25, 0.3) is 0 Å². The fraction of sp³-hybridized carbons (Fsp3) is 0.857. The number of hydrogen-bond donors (Lipinski definition) is 2. The highest BCUT2D eigenvalue weighted by Gasteiger charge is 2.34. The van der Waals surface area contributed by atoms with Crippen molar-refractivity contribution in [2.75, 3.05) is 25.1 Å². The van der Waals surface area contributed by atoms with E-state index in [-0.39, 0.29) is 5.54 Å². The fourth-order valence-electron chi connectivity index (χ4n) is 1.49. The van der Waals surface area contributed by atoms with Gasteiger partial charge in [-0.25, -0.2) is 4.68 Å². The number of hydrogen-bond acceptors (Lipinski definition) is 6. The lowest BCUT2D eigenvalue weighted by molar-refractivity contribution is 0.183. The lowest BCUT2D eigenvalue weighted by atomic mass is 9.99. The van der Waals surface area contributed by atoms with E-state index in [0.29, 0.717) is 19.1 Å². The molecule has 1 aliphatic heterocycles. The van der Waals surface area contributed by atoms with Crippen LogP contribution in [0.5, 0.6) is 0 Å². The van der Waals surface area contributed by atoms with E-state index in [0.717, 1.165) is 13.0 Å². The highest BCUT2D eigenvalue weighted by atomic mass is 16.5. The number of nitrogens with one attached hydrogen (secondary N) is 1. The van der Waals surface area contributed by atoms with Crippen LogP contribution in [0.4, 0.5) is 5.95 Å². The van der Waals surface area contributed by atoms with Crippen LogP contribution in [0, 0.1) is 0 Å². The molecule has 1 aromatic rings. The second-order valence-corrected chi connectivity index (χ2v) is 3.54. The summed E-state index contributed by atoms with van der Waals surface area (Å²) in [6, 6.07) is 0. The van der Waals surface area contributed by atoms with Crippen LogP contribution in [0.3, 0.4) is 0 Å². The van der Waals surface area contributed by atoms with Crippen molar-refractivity contribution in [1.82, 2.24) is 20.2 Å². The summed E-state index contributed by atoms with van der Waals surface area (Å²) in [7, 11) is 1.78. The van der Waals surface area contributed by atoms with Gasteiger partial charge in [-0.3, -0.25) is 0 Å². The first-order valence-electron chi connectivity index (χ1n) is 4.54. The Morgan fingerprint density at radius 2 is 2.57 bits per heavy atom. The van der Waals surface area contributed by atoms with Crippen molar-refractivity contribution < 1.29 is 4.74 Å². The van der Waals surface area contributed by atoms with Crippen LogP contribution in [0.1, 0.15) is 6.42 Å². The molecule has 2 heterocycles. The molecule has 7 nitrogen and oxygen atoms in total. The Labute approximate surface area is 81.6 Å². The van der Waals surface area contributed by atoms with Gasteiger partial charge in [0.15, 0.2) is 0 Å². The Kier molecular flexibility index (Phi) is 2.34. The van der Waals surface area contributed by atoms with Gasteiger partial charge in [-0.15, -0.1) is 0 Å². The van der Waals surface area contributed by atoms with E-state index in [1.165, 1.54) is 0 Å². The van der Waals surface area contributed by atoms with Gasteiger partial charge in [-0.05, 0) is 16.8 Å². The topological polar surface area (TPSA) is 90.9 Å². The number of aromatic nitrogens is 4. The number of anilines is 1. The minimum atomic E-state index is -0.206. The molecule has 0 aromatic carbocycles. The van der Waals surface area contributed by atoms with Gasteiger partial charge in [-0.1, -0.05) is 5.10 Å². The molecule has 0 bridgehead atoms. The molecule has 1 atom stereocenters. The van der Waals surface area contributed by atoms with Crippen LogP contribution in [0.15, 0.2) is 0 Å². The van der Waals surface area contributed by atoms with Crippen molar-refractivity contribution in [2.24, 2.45) is 12.8 Å². The molecule has 0 radical (unpaired) electrons. The Morgan fingerprint density at radius 1 is 1.71 bits per heavy atom. The molecule has 7 heteroatoms. The summed E-state index contributed by atoms with van der Waals surface area (Å²) in [5.41, 5.74) is 5.51. The minimum absolute atomic E-state index is 0.206. The molecule has 1 aromatic heterocycles. The Morgan fingerprint density at radius 3 is 3.07 bits per heavy atom. The van der Waals surface area contributed by atoms with Gasteiger partial charge < -0.3 is 15.8 Å². The number of ether oxygens (including phenoxy) is 1. The summed E-state index contributed by atoms with van der Waals surface area (Å²) in [4.78, 5) is 0. The molecule has 2 rings (SSSR count). The van der Waals surface area contributed by atoms with Gasteiger partial charge in [0, 0.05) is 20.2 Å². The average molecular weight is 198 g/mol. The maximum absolute atomic E-state index is 5.72. The van der Waals surface area contributed by atoms with Crippen LogP contribution in [-0.4, -0.2) is 45.5 Å². The fourth-order valence-corrected chi connectivity index (χ4v) is 1.49. The van der Waals surface area contributed by atoms with Gasteiger partial charge in [0.1, 0.15) is 0 Å². The number of aryl methyl sites for hydroxylation is 1. The third kappa shape index (κ3) is 1.55. The molecule has 0 saturated carbocycles. The van der Waals surface area contributed by atoms with Crippen LogP contribution >= 0.6 is 0 Å². The summed E-state index contributed by atoms with van der Waals surface area (Å²) in [6.07, 6.45) is 0.885. The van der Waals surface area contributed by atoms with Crippen molar-refractivity contribution in [3.63, 3.8) is 0 Å². The predicted molar refractivity (Wildman–Crippen MR) is 49.6 cm³/mol. The van der Waals surface area contributed by atoms with Gasteiger partial charge >= 0.3 is 0 Å². The highest BCUT2D eigenvalue weighted by molar-refractivity contribution is 5.28. The summed E-state index contributed by atoms with van der Waals surface area (Å²) in [6.45, 7) is 1.85. The number of rotatable bonds is 3. The van der Waals surface area contributed by atoms with Crippen molar-refractivity contribution in [3.05, 3.63) is 0 Å². The first-order chi connectivity index (χ1) is 6.76. The van der Waals surface area contributed by atoms with Crippen LogP contribution in [0.2, 0.25) is 0 Å². The standard InChI is InChI=1S/C7H14N6O/c1-13-6(10-11-12-13)9-7(4-8)2-3-14-5-7/h2-5,8H2,1H3,(H,9,10,12). The minimum Gasteiger partial charge on any atom is -0.379 e. The summed E-state index contributed by atoms with van der Waals surface area (Å²) in [5, 5.41) is 14.4. The third-order valence-corrected chi connectivity index (χ3v) is 2.49. The number of nitrogens with two attached hydrogens (primary N) is 1. The lowest BCUT2D eigenvalue weighted by Crippen LogP contribution is -2.46. The van der Waals surface area contributed by atoms with E-state index in [1.807, 2.05) is 0 Å². The van der Waals surface area contributed by atoms with E-state index in [1.54, 1.807) is 11.7 Å². The second kappa shape index (κ2) is 3.50. The van der Waals surface area contributed by atoms with Crippen molar-refractivity contribution in [1.29, 1.82) is 0 Å². The van der Waals surface area contributed by atoms with Crippen molar-refractivity contribution in [3.8, 4) is 0 Å². The SMILES string of the molecule is Cn1nnnc1NC1(CN)CCOC1. The predicted octanol–water partition coefficient (Wildman–Crippen LogP) is -1.26. The van der Waals surface area contributed by atoms with Crippen molar-refractivity contribution >= 4 is 5.95 Å². The molecule has 14 heavy (non-hydrogen) atoms. The highest BCUT2D eigenvalue weighted by Crippen LogP contribution is 2.21. The van der Waals surface area contributed by atoms with Crippen molar-refractivity contribution in [2.45, 2.75) is 12.0 Å². The zero-order chi connectivity index (χ0) is 10.0. The molecule has 3 N–H and O–H groups in total. The first kappa shape index (κ1) is 9.35. The molecule has 1 unspecified atom stereocenters. The lowest BCUT2D eigenvalue weighted by Gasteiger charge is -2.26. The van der Waals surface area contributed by atoms with Gasteiger partial charge in [0.05, 0.1) is 12.1 Å². The maximum atomic E-state index is 5.72. The average Bonchev–Trinajstić information content (AvgIpc) is 2.79. The first-order valence-corrected chi connectivity index (χ1v) is 4.54. The molecule has 1 fully saturated rings. The van der Waals surface area contributed by atoms with E-state index in [4.69, 9.17) is 10.5 Å². The van der Waals surface area contributed by atoms with Gasteiger partial charge in [0.25, 0.3) is 0 Å². The van der Waals surface area contributed by atoms with E-state index in [9.17, 15) is 0 Å². The monoisotopic (exact) mass is 198 g/mol. The third-order valence-electron chi connectivity index (χ3n) is 2.49. The summed E-state index contributed by atoms with van der Waals surface area (Å²) in [5.74, 6) is 0.626. The quantitative estimate of drug-likeness (QED) is 0.630. The largest absolute Gasteiger partial charge is 0.379 e. The van der Waals surface area contributed by atoms with Gasteiger partial charge in [0.2, 0.25) is 5.95 Å². The molecule has 78 valence electrons. The Bertz CT molecular complexity index is 305. The summed E-state index contributed by atoms with van der Waals surface area (Å²) < 4.78 is 6.90. The smallest absolute Gasteiger partial charge is 0.243 e. The van der Waals surface area contributed by atoms with Crippen LogP contribution in [-0.2, 0) is 11.8 Å². The van der Waals surface area contributed by atoms with Crippen LogP contribution < -0.4 is 11.1 Å². The Balaban J connectivity index is 2.12. The molecular weight excluding hydrogens is 184 g/mol. The normalized spacial score (nSPS) is 26.7. The molecular formula is C7H14N6O.